The molecule has 4 heteroatoms. The van der Waals surface area contributed by atoms with Crippen LogP contribution < -0.4 is 4.74 Å². The van der Waals surface area contributed by atoms with Crippen molar-refractivity contribution in [2.24, 2.45) is 0 Å². The van der Waals surface area contributed by atoms with E-state index in [1.54, 1.807) is 6.08 Å². The van der Waals surface area contributed by atoms with Gasteiger partial charge in [0.05, 0.1) is 0 Å². The molecule has 2 rings (SSSR count). The molecule has 0 bridgehead atoms. The molecule has 2 aromatic carbocycles. The zero-order valence-corrected chi connectivity index (χ0v) is 12.8. The van der Waals surface area contributed by atoms with Crippen LogP contribution in [0, 0.1) is 3.57 Å². The summed E-state index contributed by atoms with van der Waals surface area (Å²) in [5.74, 6) is -0.194. The Morgan fingerprint density at radius 2 is 1.75 bits per heavy atom. The molecule has 3 nitrogen and oxygen atoms in total. The molecule has 0 fully saturated rings. The van der Waals surface area contributed by atoms with Crippen molar-refractivity contribution in [1.29, 1.82) is 0 Å². The van der Waals surface area contributed by atoms with Crippen LogP contribution in [0.1, 0.15) is 11.1 Å². The Hall–Kier alpha value is -1.82. The second kappa shape index (κ2) is 7.09. The summed E-state index contributed by atoms with van der Waals surface area (Å²) in [7, 11) is 0. The lowest BCUT2D eigenvalue weighted by molar-refractivity contribution is -0.131. The summed E-state index contributed by atoms with van der Waals surface area (Å²) in [4.78, 5) is 10.4. The standard InChI is InChI=1S/C16H13IO3/c17-14-6-1-13(2-7-14)11-20-15-8-3-12(4-9-15)5-10-16(18)19/h1-10H,11H2,(H,18,19)/b10-5+. The summed E-state index contributed by atoms with van der Waals surface area (Å²) < 4.78 is 6.86. The molecule has 0 saturated carbocycles. The SMILES string of the molecule is O=C(O)/C=C/c1ccc(OCc2ccc(I)cc2)cc1. The maximum absolute atomic E-state index is 10.4. The fraction of sp³-hybridized carbons (Fsp3) is 0.0625. The molecule has 0 spiro atoms. The van der Waals surface area contributed by atoms with E-state index in [2.05, 4.69) is 22.6 Å². The molecule has 0 amide bonds. The van der Waals surface area contributed by atoms with Gasteiger partial charge in [-0.3, -0.25) is 0 Å². The average Bonchev–Trinajstić information content (AvgIpc) is 2.45. The maximum atomic E-state index is 10.4. The van der Waals surface area contributed by atoms with Gasteiger partial charge in [0.2, 0.25) is 0 Å². The topological polar surface area (TPSA) is 46.5 Å². The van der Waals surface area contributed by atoms with E-state index < -0.39 is 5.97 Å². The fourth-order valence-corrected chi connectivity index (χ4v) is 1.95. The highest BCUT2D eigenvalue weighted by atomic mass is 127. The Balaban J connectivity index is 1.93. The van der Waals surface area contributed by atoms with Crippen LogP contribution in [-0.2, 0) is 11.4 Å². The molecular weight excluding hydrogens is 367 g/mol. The van der Waals surface area contributed by atoms with Gasteiger partial charge in [-0.05, 0) is 64.1 Å². The monoisotopic (exact) mass is 380 g/mol. The molecule has 0 aliphatic carbocycles. The molecule has 0 aliphatic heterocycles. The molecule has 20 heavy (non-hydrogen) atoms. The van der Waals surface area contributed by atoms with Crippen molar-refractivity contribution >= 4 is 34.6 Å². The number of rotatable bonds is 5. The third kappa shape index (κ3) is 4.70. The largest absolute Gasteiger partial charge is 0.489 e. The first-order chi connectivity index (χ1) is 9.63. The highest BCUT2D eigenvalue weighted by Crippen LogP contribution is 2.15. The maximum Gasteiger partial charge on any atom is 0.328 e. The van der Waals surface area contributed by atoms with Gasteiger partial charge in [-0.2, -0.15) is 0 Å². The molecule has 0 aromatic heterocycles. The Morgan fingerprint density at radius 3 is 2.35 bits per heavy atom. The molecule has 102 valence electrons. The van der Waals surface area contributed by atoms with Crippen molar-refractivity contribution in [2.75, 3.05) is 0 Å². The highest BCUT2D eigenvalue weighted by molar-refractivity contribution is 14.1. The Kier molecular flexibility index (Phi) is 5.17. The zero-order valence-electron chi connectivity index (χ0n) is 10.6. The summed E-state index contributed by atoms with van der Waals surface area (Å²) in [5.41, 5.74) is 1.94. The van der Waals surface area contributed by atoms with Gasteiger partial charge < -0.3 is 9.84 Å². The molecule has 0 unspecified atom stereocenters. The zero-order chi connectivity index (χ0) is 14.4. The lowest BCUT2D eigenvalue weighted by Gasteiger charge is -2.06. The fourth-order valence-electron chi connectivity index (χ4n) is 1.59. The minimum Gasteiger partial charge on any atom is -0.489 e. The van der Waals surface area contributed by atoms with Gasteiger partial charge in [0.25, 0.3) is 0 Å². The number of carbonyl (C=O) groups is 1. The summed E-state index contributed by atoms with van der Waals surface area (Å²) >= 11 is 2.26. The predicted octanol–water partition coefficient (Wildman–Crippen LogP) is 3.97. The normalized spacial score (nSPS) is 10.7. The van der Waals surface area contributed by atoms with Crippen LogP contribution in [0.4, 0.5) is 0 Å². The van der Waals surface area contributed by atoms with Gasteiger partial charge in [-0.1, -0.05) is 24.3 Å². The van der Waals surface area contributed by atoms with E-state index in [0.717, 1.165) is 23.0 Å². The highest BCUT2D eigenvalue weighted by Gasteiger charge is 1.97. The molecule has 0 saturated heterocycles. The van der Waals surface area contributed by atoms with Crippen LogP contribution >= 0.6 is 22.6 Å². The number of ether oxygens (including phenoxy) is 1. The first kappa shape index (κ1) is 14.6. The molecular formula is C16H13IO3. The van der Waals surface area contributed by atoms with Crippen molar-refractivity contribution in [3.05, 3.63) is 69.3 Å². The van der Waals surface area contributed by atoms with E-state index >= 15 is 0 Å². The van der Waals surface area contributed by atoms with Gasteiger partial charge in [-0.15, -0.1) is 0 Å². The number of carboxylic acids is 1. The third-order valence-corrected chi connectivity index (χ3v) is 3.34. The number of hydrogen-bond acceptors (Lipinski definition) is 2. The van der Waals surface area contributed by atoms with Crippen molar-refractivity contribution in [3.63, 3.8) is 0 Å². The van der Waals surface area contributed by atoms with Crippen LogP contribution in [-0.4, -0.2) is 11.1 Å². The van der Waals surface area contributed by atoms with Crippen molar-refractivity contribution in [3.8, 4) is 5.75 Å². The van der Waals surface area contributed by atoms with Crippen LogP contribution in [0.3, 0.4) is 0 Å². The van der Waals surface area contributed by atoms with Crippen LogP contribution in [0.25, 0.3) is 6.08 Å². The van der Waals surface area contributed by atoms with Crippen molar-refractivity contribution < 1.29 is 14.6 Å². The van der Waals surface area contributed by atoms with Gasteiger partial charge in [0.1, 0.15) is 12.4 Å². The van der Waals surface area contributed by atoms with Crippen LogP contribution in [0.15, 0.2) is 54.6 Å². The summed E-state index contributed by atoms with van der Waals surface area (Å²) in [5, 5.41) is 8.55. The second-order valence-electron chi connectivity index (χ2n) is 4.16. The molecule has 2 aromatic rings. The van der Waals surface area contributed by atoms with E-state index in [0.29, 0.717) is 6.61 Å². The van der Waals surface area contributed by atoms with E-state index in [1.165, 1.54) is 3.57 Å². The number of benzene rings is 2. The van der Waals surface area contributed by atoms with E-state index in [9.17, 15) is 4.79 Å². The summed E-state index contributed by atoms with van der Waals surface area (Å²) in [6.45, 7) is 0.515. The number of carboxylic acid groups (broad SMARTS) is 1. The molecule has 0 radical (unpaired) electrons. The van der Waals surface area contributed by atoms with Crippen molar-refractivity contribution in [1.82, 2.24) is 0 Å². The van der Waals surface area contributed by atoms with Gasteiger partial charge in [-0.25, -0.2) is 4.79 Å². The molecule has 1 N–H and O–H groups in total. The first-order valence-electron chi connectivity index (χ1n) is 6.02. The Labute approximate surface area is 131 Å². The quantitative estimate of drug-likeness (QED) is 0.631. The molecule has 0 atom stereocenters. The number of halogens is 1. The van der Waals surface area contributed by atoms with Gasteiger partial charge >= 0.3 is 5.97 Å². The van der Waals surface area contributed by atoms with E-state index in [1.807, 2.05) is 48.5 Å². The number of aliphatic carboxylic acids is 1. The van der Waals surface area contributed by atoms with Gasteiger partial charge in [0.15, 0.2) is 0 Å². The average molecular weight is 380 g/mol. The van der Waals surface area contributed by atoms with Crippen LogP contribution in [0.2, 0.25) is 0 Å². The van der Waals surface area contributed by atoms with Crippen LogP contribution in [0.5, 0.6) is 5.75 Å². The predicted molar refractivity (Wildman–Crippen MR) is 86.6 cm³/mol. The Bertz CT molecular complexity index is 601. The van der Waals surface area contributed by atoms with E-state index in [4.69, 9.17) is 9.84 Å². The second-order valence-corrected chi connectivity index (χ2v) is 5.40. The smallest absolute Gasteiger partial charge is 0.328 e. The first-order valence-corrected chi connectivity index (χ1v) is 7.10. The van der Waals surface area contributed by atoms with Crippen molar-refractivity contribution in [2.45, 2.75) is 6.61 Å². The Morgan fingerprint density at radius 1 is 1.10 bits per heavy atom. The lowest BCUT2D eigenvalue weighted by Crippen LogP contribution is -1.95. The molecule has 0 heterocycles. The summed E-state index contributed by atoms with van der Waals surface area (Å²) in [6, 6.07) is 15.4. The summed E-state index contributed by atoms with van der Waals surface area (Å²) in [6.07, 6.45) is 2.66. The van der Waals surface area contributed by atoms with E-state index in [-0.39, 0.29) is 0 Å². The van der Waals surface area contributed by atoms with Gasteiger partial charge in [0, 0.05) is 9.65 Å². The lowest BCUT2D eigenvalue weighted by atomic mass is 10.2. The minimum atomic E-state index is -0.955. The number of hydrogen-bond donors (Lipinski definition) is 1. The molecule has 0 aliphatic rings. The minimum absolute atomic E-state index is 0.515. The third-order valence-electron chi connectivity index (χ3n) is 2.62.